The third-order valence-electron chi connectivity index (χ3n) is 4.03. The molecule has 3 N–H and O–H groups in total. The Labute approximate surface area is 143 Å². The van der Waals surface area contributed by atoms with Gasteiger partial charge in [0.1, 0.15) is 12.4 Å². The molecule has 1 aliphatic heterocycles. The normalized spacial score (nSPS) is 19.2. The van der Waals surface area contributed by atoms with Gasteiger partial charge in [-0.1, -0.05) is 23.2 Å². The van der Waals surface area contributed by atoms with Gasteiger partial charge in [0.05, 0.1) is 27.6 Å². The number of nitrogens with one attached hydrogen (secondary N) is 2. The van der Waals surface area contributed by atoms with E-state index in [4.69, 9.17) is 27.9 Å². The summed E-state index contributed by atoms with van der Waals surface area (Å²) in [5.74, 6) is 0.166. The lowest BCUT2D eigenvalue weighted by Crippen LogP contribution is -2.26. The number of aromatic nitrogens is 1. The molecule has 3 rings (SSSR count). The number of hydrogen-bond donors (Lipinski definition) is 3. The zero-order chi connectivity index (χ0) is 16.7. The minimum Gasteiger partial charge on any atom is -0.490 e. The summed E-state index contributed by atoms with van der Waals surface area (Å²) in [5, 5.41) is 13.9. The van der Waals surface area contributed by atoms with Crippen LogP contribution in [-0.2, 0) is 11.2 Å². The molecule has 124 valence electrons. The van der Waals surface area contributed by atoms with Crippen molar-refractivity contribution >= 4 is 40.0 Å². The summed E-state index contributed by atoms with van der Waals surface area (Å²) in [4.78, 5) is 15.5. The van der Waals surface area contributed by atoms with Crippen LogP contribution in [0.3, 0.4) is 0 Å². The van der Waals surface area contributed by atoms with E-state index in [1.165, 1.54) is 0 Å². The Balaban J connectivity index is 2.25. The average Bonchev–Trinajstić information content (AvgIpc) is 2.82. The molecule has 0 radical (unpaired) electrons. The molecule has 0 spiro atoms. The number of benzene rings is 1. The lowest BCUT2D eigenvalue weighted by atomic mass is 9.96. The largest absolute Gasteiger partial charge is 0.490 e. The van der Waals surface area contributed by atoms with Crippen LogP contribution in [0.1, 0.15) is 31.0 Å². The highest BCUT2D eigenvalue weighted by atomic mass is 35.5. The molecule has 1 aromatic carbocycles. The molecule has 23 heavy (non-hydrogen) atoms. The number of aliphatic hydroxyl groups excluding tert-OH is 1. The van der Waals surface area contributed by atoms with Crippen molar-refractivity contribution in [2.45, 2.75) is 32.3 Å². The Morgan fingerprint density at radius 2 is 2.22 bits per heavy atom. The molecule has 0 saturated heterocycles. The predicted molar refractivity (Wildman–Crippen MR) is 90.6 cm³/mol. The summed E-state index contributed by atoms with van der Waals surface area (Å²) in [5.41, 5.74) is 2.51. The molecule has 0 saturated carbocycles. The first-order valence-electron chi connectivity index (χ1n) is 7.51. The third kappa shape index (κ3) is 2.89. The van der Waals surface area contributed by atoms with Gasteiger partial charge in [0.15, 0.2) is 0 Å². The molecular weight excluding hydrogens is 339 g/mol. The number of aliphatic hydroxyl groups is 1. The Bertz CT molecular complexity index is 771. The second-order valence-corrected chi connectivity index (χ2v) is 6.65. The summed E-state index contributed by atoms with van der Waals surface area (Å²) < 4.78 is 5.72. The van der Waals surface area contributed by atoms with Crippen LogP contribution in [0.4, 0.5) is 0 Å². The first-order chi connectivity index (χ1) is 10.9. The average molecular weight is 357 g/mol. The van der Waals surface area contributed by atoms with E-state index in [0.717, 1.165) is 16.6 Å². The minimum absolute atomic E-state index is 0.0304. The van der Waals surface area contributed by atoms with Crippen LogP contribution in [0.2, 0.25) is 10.0 Å². The van der Waals surface area contributed by atoms with Crippen molar-refractivity contribution in [3.63, 3.8) is 0 Å². The smallest absolute Gasteiger partial charge is 0.227 e. The van der Waals surface area contributed by atoms with Crippen molar-refractivity contribution < 1.29 is 14.6 Å². The molecule has 7 heteroatoms. The summed E-state index contributed by atoms with van der Waals surface area (Å²) in [6, 6.07) is 1.64. The predicted octanol–water partition coefficient (Wildman–Crippen LogP) is 3.01. The number of halogens is 2. The third-order valence-corrected chi connectivity index (χ3v) is 4.82. The monoisotopic (exact) mass is 356 g/mol. The van der Waals surface area contributed by atoms with Crippen molar-refractivity contribution in [1.29, 1.82) is 0 Å². The zero-order valence-electron chi connectivity index (χ0n) is 12.9. The fourth-order valence-electron chi connectivity index (χ4n) is 2.95. The van der Waals surface area contributed by atoms with Gasteiger partial charge >= 0.3 is 0 Å². The summed E-state index contributed by atoms with van der Waals surface area (Å²) in [6.07, 6.45) is 0.0712. The van der Waals surface area contributed by atoms with Gasteiger partial charge in [-0.3, -0.25) is 4.79 Å². The Hall–Kier alpha value is -1.43. The highest BCUT2D eigenvalue weighted by molar-refractivity contribution is 6.45. The number of carbonyl (C=O) groups excluding carboxylic acids is 1. The van der Waals surface area contributed by atoms with E-state index in [9.17, 15) is 9.90 Å². The van der Waals surface area contributed by atoms with E-state index in [1.54, 1.807) is 13.0 Å². The number of H-pyrrole nitrogens is 1. The van der Waals surface area contributed by atoms with E-state index < -0.39 is 6.10 Å². The number of amides is 1. The lowest BCUT2D eigenvalue weighted by Gasteiger charge is -2.14. The molecule has 0 aliphatic carbocycles. The van der Waals surface area contributed by atoms with Gasteiger partial charge in [0.2, 0.25) is 5.91 Å². The minimum atomic E-state index is -0.613. The number of ether oxygens (including phenoxy) is 1. The summed E-state index contributed by atoms with van der Waals surface area (Å²) >= 11 is 12.5. The van der Waals surface area contributed by atoms with Crippen molar-refractivity contribution in [3.8, 4) is 5.75 Å². The number of carbonyl (C=O) groups is 1. The maximum Gasteiger partial charge on any atom is 0.227 e. The first kappa shape index (κ1) is 16.4. The molecule has 2 aromatic rings. The van der Waals surface area contributed by atoms with Gasteiger partial charge < -0.3 is 20.1 Å². The highest BCUT2D eigenvalue weighted by Crippen LogP contribution is 2.43. The molecule has 1 aliphatic rings. The van der Waals surface area contributed by atoms with Crippen molar-refractivity contribution in [3.05, 3.63) is 27.4 Å². The van der Waals surface area contributed by atoms with Gasteiger partial charge in [-0.05, 0) is 19.4 Å². The van der Waals surface area contributed by atoms with Crippen LogP contribution >= 0.6 is 23.2 Å². The van der Waals surface area contributed by atoms with Gasteiger partial charge in [0.25, 0.3) is 0 Å². The van der Waals surface area contributed by atoms with E-state index in [-0.39, 0.29) is 18.4 Å². The number of rotatable bonds is 3. The van der Waals surface area contributed by atoms with Crippen molar-refractivity contribution in [1.82, 2.24) is 10.3 Å². The second-order valence-electron chi connectivity index (χ2n) is 5.86. The lowest BCUT2D eigenvalue weighted by molar-refractivity contribution is -0.121. The van der Waals surface area contributed by atoms with Crippen molar-refractivity contribution in [2.75, 3.05) is 13.2 Å². The van der Waals surface area contributed by atoms with Crippen LogP contribution in [0.15, 0.2) is 6.07 Å². The van der Waals surface area contributed by atoms with E-state index in [0.29, 0.717) is 34.3 Å². The van der Waals surface area contributed by atoms with E-state index >= 15 is 0 Å². The number of hydrogen-bond acceptors (Lipinski definition) is 3. The van der Waals surface area contributed by atoms with E-state index in [2.05, 4.69) is 10.3 Å². The standard InChI is InChI=1S/C16H18Cl2N2O3/c1-7(21)6-23-11-5-9(17)14(18)15-13(11)12-8(2)16(22)19-4-3-10(12)20-15/h5,7-8,20-21H,3-4,6H2,1-2H3,(H,19,22)/t7-,8+/m1/s1. The maximum atomic E-state index is 12.2. The summed E-state index contributed by atoms with van der Waals surface area (Å²) in [7, 11) is 0. The second kappa shape index (κ2) is 6.23. The van der Waals surface area contributed by atoms with Crippen LogP contribution in [0.5, 0.6) is 5.75 Å². The SMILES string of the molecule is C[C@@H]1C(=O)NCCc2[nH]c3c(Cl)c(Cl)cc(OC[C@@H](C)O)c3c21. The van der Waals surface area contributed by atoms with Gasteiger partial charge in [-0.15, -0.1) is 0 Å². The molecule has 5 nitrogen and oxygen atoms in total. The Morgan fingerprint density at radius 3 is 2.91 bits per heavy atom. The Morgan fingerprint density at radius 1 is 1.48 bits per heavy atom. The quantitative estimate of drug-likeness (QED) is 0.791. The topological polar surface area (TPSA) is 74.4 Å². The van der Waals surface area contributed by atoms with Crippen molar-refractivity contribution in [2.24, 2.45) is 0 Å². The van der Waals surface area contributed by atoms with E-state index in [1.807, 2.05) is 6.92 Å². The molecule has 2 atom stereocenters. The molecule has 2 heterocycles. The maximum absolute atomic E-state index is 12.2. The zero-order valence-corrected chi connectivity index (χ0v) is 14.4. The van der Waals surface area contributed by atoms with Gasteiger partial charge in [-0.25, -0.2) is 0 Å². The van der Waals surface area contributed by atoms with Crippen LogP contribution in [-0.4, -0.2) is 35.3 Å². The highest BCUT2D eigenvalue weighted by Gasteiger charge is 2.29. The molecule has 0 fully saturated rings. The van der Waals surface area contributed by atoms with Gasteiger partial charge in [0, 0.05) is 30.1 Å². The molecule has 1 aromatic heterocycles. The molecule has 0 bridgehead atoms. The van der Waals surface area contributed by atoms with Crippen LogP contribution < -0.4 is 10.1 Å². The molecular formula is C16H18Cl2N2O3. The van der Waals surface area contributed by atoms with Crippen LogP contribution in [0, 0.1) is 0 Å². The molecule has 1 amide bonds. The summed E-state index contributed by atoms with van der Waals surface area (Å²) in [6.45, 7) is 4.20. The number of aromatic amines is 1. The van der Waals surface area contributed by atoms with Crippen LogP contribution in [0.25, 0.3) is 10.9 Å². The molecule has 0 unspecified atom stereocenters. The number of fused-ring (bicyclic) bond motifs is 3. The first-order valence-corrected chi connectivity index (χ1v) is 8.26. The fourth-order valence-corrected chi connectivity index (χ4v) is 3.34. The fraction of sp³-hybridized carbons (Fsp3) is 0.438. The Kier molecular flexibility index (Phi) is 4.45. The van der Waals surface area contributed by atoms with Gasteiger partial charge in [-0.2, -0.15) is 0 Å².